The van der Waals surface area contributed by atoms with Crippen molar-refractivity contribution in [2.24, 2.45) is 0 Å². The van der Waals surface area contributed by atoms with Crippen LogP contribution in [0.1, 0.15) is 233 Å². The Balaban J connectivity index is 4.47. The van der Waals surface area contributed by atoms with Gasteiger partial charge in [0.15, 0.2) is 6.10 Å². The molecular formula is C64H102O6. The van der Waals surface area contributed by atoms with Gasteiger partial charge in [0.2, 0.25) is 0 Å². The van der Waals surface area contributed by atoms with Crippen LogP contribution in [-0.4, -0.2) is 37.2 Å². The highest BCUT2D eigenvalue weighted by Gasteiger charge is 2.19. The molecule has 0 rings (SSSR count). The standard InChI is InChI=1S/C64H102O6/c1-4-7-10-13-16-19-22-24-26-28-30-32-34-36-38-40-42-45-48-51-54-57-63(66)69-60-61(59-68-62(65)56-53-50-47-44-21-18-15-12-9-6-3)70-64(67)58-55-52-49-46-43-41-39-37-35-33-31-29-27-25-23-20-17-14-11-8-5-2/h7-8,10-11,16-17,19-20,24-27,30-33,36-39,42,45,61H,4-6,9,12-15,18,21-23,28-29,34-35,40-41,43-44,46-60H2,1-3H3/b10-7-,11-8-,19-16-,20-17-,26-24-,27-25-,32-30-,33-31-,38-36-,39-37-,45-42-. The van der Waals surface area contributed by atoms with Crippen LogP contribution in [0.4, 0.5) is 0 Å². The molecular weight excluding hydrogens is 865 g/mol. The summed E-state index contributed by atoms with van der Waals surface area (Å²) >= 11 is 0. The van der Waals surface area contributed by atoms with Crippen molar-refractivity contribution in [2.75, 3.05) is 13.2 Å². The first-order valence-electron chi connectivity index (χ1n) is 28.2. The number of carbonyl (C=O) groups is 3. The molecule has 0 saturated carbocycles. The number of hydrogen-bond acceptors (Lipinski definition) is 6. The van der Waals surface area contributed by atoms with E-state index in [0.717, 1.165) is 141 Å². The second kappa shape index (κ2) is 57.1. The van der Waals surface area contributed by atoms with E-state index in [1.807, 2.05) is 0 Å². The lowest BCUT2D eigenvalue weighted by Gasteiger charge is -2.18. The van der Waals surface area contributed by atoms with Gasteiger partial charge in [-0.05, 0) is 116 Å². The SMILES string of the molecule is CC/C=C\C/C=C\C/C=C\C/C=C\C/C=C\C/C=C\CCCCC(=O)OCC(COC(=O)CCCCCCCCCCCC)OC(=O)CCCCCCC/C=C\C/C=C\C/C=C\C/C=C\C/C=C\CC. The van der Waals surface area contributed by atoms with Gasteiger partial charge in [-0.15, -0.1) is 0 Å². The molecule has 394 valence electrons. The maximum Gasteiger partial charge on any atom is 0.306 e. The summed E-state index contributed by atoms with van der Waals surface area (Å²) in [6, 6.07) is 0. The number of allylic oxidation sites excluding steroid dienone is 22. The summed E-state index contributed by atoms with van der Waals surface area (Å²) in [5.41, 5.74) is 0. The van der Waals surface area contributed by atoms with Crippen LogP contribution in [0.15, 0.2) is 134 Å². The molecule has 0 saturated heterocycles. The van der Waals surface area contributed by atoms with Gasteiger partial charge in [0.25, 0.3) is 0 Å². The fourth-order valence-electron chi connectivity index (χ4n) is 7.24. The zero-order valence-electron chi connectivity index (χ0n) is 45.0. The van der Waals surface area contributed by atoms with E-state index in [4.69, 9.17) is 14.2 Å². The summed E-state index contributed by atoms with van der Waals surface area (Å²) in [4.78, 5) is 38.1. The van der Waals surface area contributed by atoms with Crippen molar-refractivity contribution in [2.45, 2.75) is 239 Å². The minimum Gasteiger partial charge on any atom is -0.462 e. The van der Waals surface area contributed by atoms with Crippen LogP contribution in [0.5, 0.6) is 0 Å². The molecule has 6 heteroatoms. The number of esters is 3. The molecule has 0 spiro atoms. The molecule has 0 heterocycles. The van der Waals surface area contributed by atoms with Gasteiger partial charge in [-0.3, -0.25) is 14.4 Å². The van der Waals surface area contributed by atoms with E-state index in [-0.39, 0.29) is 31.1 Å². The monoisotopic (exact) mass is 967 g/mol. The highest BCUT2D eigenvalue weighted by atomic mass is 16.6. The van der Waals surface area contributed by atoms with Gasteiger partial charge in [0, 0.05) is 19.3 Å². The van der Waals surface area contributed by atoms with E-state index in [1.165, 1.54) is 44.9 Å². The summed E-state index contributed by atoms with van der Waals surface area (Å²) < 4.78 is 16.8. The molecule has 70 heavy (non-hydrogen) atoms. The highest BCUT2D eigenvalue weighted by Crippen LogP contribution is 2.13. The van der Waals surface area contributed by atoms with E-state index in [1.54, 1.807) is 0 Å². The summed E-state index contributed by atoms with van der Waals surface area (Å²) in [6.07, 6.45) is 80.1. The Hall–Kier alpha value is -4.45. The van der Waals surface area contributed by atoms with Gasteiger partial charge in [0.1, 0.15) is 13.2 Å². The molecule has 0 aromatic carbocycles. The van der Waals surface area contributed by atoms with Gasteiger partial charge in [0.05, 0.1) is 0 Å². The second-order valence-electron chi connectivity index (χ2n) is 18.1. The lowest BCUT2D eigenvalue weighted by atomic mass is 10.1. The Morgan fingerprint density at radius 2 is 0.557 bits per heavy atom. The molecule has 0 N–H and O–H groups in total. The minimum atomic E-state index is -0.810. The van der Waals surface area contributed by atoms with Crippen molar-refractivity contribution < 1.29 is 28.6 Å². The summed E-state index contributed by atoms with van der Waals surface area (Å²) in [5, 5.41) is 0. The van der Waals surface area contributed by atoms with Crippen molar-refractivity contribution in [1.29, 1.82) is 0 Å². The first kappa shape index (κ1) is 65.5. The van der Waals surface area contributed by atoms with E-state index in [9.17, 15) is 14.4 Å². The number of carbonyl (C=O) groups excluding carboxylic acids is 3. The predicted octanol–water partition coefficient (Wildman–Crippen LogP) is 19.0. The maximum atomic E-state index is 12.8. The fraction of sp³-hybridized carbons (Fsp3) is 0.609. The molecule has 0 amide bonds. The van der Waals surface area contributed by atoms with Crippen LogP contribution in [0.2, 0.25) is 0 Å². The summed E-state index contributed by atoms with van der Waals surface area (Å²) in [7, 11) is 0. The molecule has 0 aliphatic heterocycles. The Morgan fingerprint density at radius 1 is 0.300 bits per heavy atom. The van der Waals surface area contributed by atoms with Crippen LogP contribution in [-0.2, 0) is 28.6 Å². The molecule has 0 bridgehead atoms. The Kier molecular flexibility index (Phi) is 53.5. The van der Waals surface area contributed by atoms with Crippen molar-refractivity contribution in [1.82, 2.24) is 0 Å². The molecule has 0 aliphatic rings. The van der Waals surface area contributed by atoms with E-state index in [2.05, 4.69) is 154 Å². The number of ether oxygens (including phenoxy) is 3. The van der Waals surface area contributed by atoms with Crippen molar-refractivity contribution in [3.63, 3.8) is 0 Å². The summed E-state index contributed by atoms with van der Waals surface area (Å²) in [6.45, 7) is 6.33. The number of hydrogen-bond donors (Lipinski definition) is 0. The van der Waals surface area contributed by atoms with Crippen molar-refractivity contribution in [3.8, 4) is 0 Å². The summed E-state index contributed by atoms with van der Waals surface area (Å²) in [5.74, 6) is -0.974. The zero-order valence-corrected chi connectivity index (χ0v) is 45.0. The Morgan fingerprint density at radius 3 is 0.900 bits per heavy atom. The normalized spacial score (nSPS) is 13.1. The molecule has 0 radical (unpaired) electrons. The average molecular weight is 968 g/mol. The van der Waals surface area contributed by atoms with Crippen LogP contribution < -0.4 is 0 Å². The Bertz CT molecular complexity index is 1530. The third kappa shape index (κ3) is 54.5. The van der Waals surface area contributed by atoms with Crippen LogP contribution in [0.3, 0.4) is 0 Å². The van der Waals surface area contributed by atoms with Crippen molar-refractivity contribution in [3.05, 3.63) is 134 Å². The third-order valence-corrected chi connectivity index (χ3v) is 11.4. The molecule has 0 aromatic heterocycles. The van der Waals surface area contributed by atoms with Gasteiger partial charge < -0.3 is 14.2 Å². The van der Waals surface area contributed by atoms with Crippen LogP contribution in [0, 0.1) is 0 Å². The lowest BCUT2D eigenvalue weighted by Crippen LogP contribution is -2.30. The quantitative estimate of drug-likeness (QED) is 0.0262. The number of unbranched alkanes of at least 4 members (excludes halogenated alkanes) is 16. The van der Waals surface area contributed by atoms with Gasteiger partial charge in [-0.25, -0.2) is 0 Å². The third-order valence-electron chi connectivity index (χ3n) is 11.4. The predicted molar refractivity (Wildman–Crippen MR) is 302 cm³/mol. The molecule has 0 aromatic rings. The minimum absolute atomic E-state index is 0.103. The van der Waals surface area contributed by atoms with Gasteiger partial charge in [-0.2, -0.15) is 0 Å². The smallest absolute Gasteiger partial charge is 0.306 e. The van der Waals surface area contributed by atoms with Gasteiger partial charge in [-0.1, -0.05) is 231 Å². The largest absolute Gasteiger partial charge is 0.462 e. The second-order valence-corrected chi connectivity index (χ2v) is 18.1. The van der Waals surface area contributed by atoms with E-state index in [0.29, 0.717) is 25.7 Å². The van der Waals surface area contributed by atoms with Crippen molar-refractivity contribution >= 4 is 17.9 Å². The van der Waals surface area contributed by atoms with Crippen LogP contribution in [0.25, 0.3) is 0 Å². The maximum absolute atomic E-state index is 12.8. The first-order chi connectivity index (χ1) is 34.5. The topological polar surface area (TPSA) is 78.9 Å². The lowest BCUT2D eigenvalue weighted by molar-refractivity contribution is -0.167. The van der Waals surface area contributed by atoms with E-state index < -0.39 is 6.10 Å². The molecule has 1 atom stereocenters. The highest BCUT2D eigenvalue weighted by molar-refractivity contribution is 5.71. The van der Waals surface area contributed by atoms with Crippen LogP contribution >= 0.6 is 0 Å². The molecule has 1 unspecified atom stereocenters. The van der Waals surface area contributed by atoms with E-state index >= 15 is 0 Å². The average Bonchev–Trinajstić information content (AvgIpc) is 3.36. The first-order valence-corrected chi connectivity index (χ1v) is 28.2. The Labute approximate surface area is 430 Å². The molecule has 0 fully saturated rings. The molecule has 6 nitrogen and oxygen atoms in total. The number of rotatable bonds is 49. The molecule has 0 aliphatic carbocycles. The fourth-order valence-corrected chi connectivity index (χ4v) is 7.24. The van der Waals surface area contributed by atoms with Gasteiger partial charge >= 0.3 is 17.9 Å². The zero-order chi connectivity index (χ0) is 50.7.